The Labute approximate surface area is 119 Å². The minimum atomic E-state index is -0.903. The third-order valence-corrected chi connectivity index (χ3v) is 3.11. The lowest BCUT2D eigenvalue weighted by Gasteiger charge is -2.37. The number of aliphatic carboxylic acids is 1. The van der Waals surface area contributed by atoms with E-state index >= 15 is 0 Å². The number of carbonyl (C=O) groups is 2. The van der Waals surface area contributed by atoms with E-state index in [1.165, 1.54) is 4.90 Å². The normalized spacial score (nSPS) is 23.2. The molecule has 0 bridgehead atoms. The van der Waals surface area contributed by atoms with E-state index in [0.29, 0.717) is 19.5 Å². The number of amides is 1. The molecule has 0 aliphatic carbocycles. The fraction of sp³-hybridized carbons (Fsp3) is 0.714. The van der Waals surface area contributed by atoms with Crippen LogP contribution in [0.25, 0.3) is 0 Å². The van der Waals surface area contributed by atoms with Crippen LogP contribution in [-0.4, -0.2) is 53.3 Å². The number of ether oxygens (including phenoxy) is 1. The van der Waals surface area contributed by atoms with Crippen LogP contribution in [0.2, 0.25) is 0 Å². The molecular weight excluding hydrogens is 260 g/mol. The minimum Gasteiger partial charge on any atom is -0.481 e. The highest BCUT2D eigenvalue weighted by molar-refractivity contribution is 5.74. The van der Waals surface area contributed by atoms with Crippen molar-refractivity contribution < 1.29 is 19.4 Å². The van der Waals surface area contributed by atoms with E-state index in [-0.39, 0.29) is 12.6 Å². The molecule has 6 nitrogen and oxygen atoms in total. The lowest BCUT2D eigenvalue weighted by Crippen LogP contribution is -2.54. The van der Waals surface area contributed by atoms with Gasteiger partial charge in [0.2, 0.25) is 0 Å². The summed E-state index contributed by atoms with van der Waals surface area (Å²) in [5, 5.41) is 12.4. The lowest BCUT2D eigenvalue weighted by atomic mass is 9.92. The van der Waals surface area contributed by atoms with E-state index in [0.717, 1.165) is 0 Å². The van der Waals surface area contributed by atoms with Crippen LogP contribution >= 0.6 is 0 Å². The standard InChI is InChI=1S/C14H24N2O4/c1-5-7-15-11-6-8-16(9-10(11)12(17)18)13(19)20-14(2,3)4/h5,10-11,15H,1,6-9H2,2-4H3,(H,17,18)/t10-,11-/m1/s1. The fourth-order valence-electron chi connectivity index (χ4n) is 2.17. The zero-order chi connectivity index (χ0) is 15.3. The molecule has 1 rings (SSSR count). The molecule has 1 amide bonds. The Morgan fingerprint density at radius 2 is 2.15 bits per heavy atom. The molecule has 6 heteroatoms. The highest BCUT2D eigenvalue weighted by Crippen LogP contribution is 2.20. The number of carboxylic acids is 1. The molecule has 0 spiro atoms. The zero-order valence-corrected chi connectivity index (χ0v) is 12.4. The van der Waals surface area contributed by atoms with Gasteiger partial charge in [0.15, 0.2) is 0 Å². The lowest BCUT2D eigenvalue weighted by molar-refractivity contribution is -0.144. The number of hydrogen-bond donors (Lipinski definition) is 2. The van der Waals surface area contributed by atoms with Gasteiger partial charge in [-0.1, -0.05) is 6.08 Å². The van der Waals surface area contributed by atoms with Crippen molar-refractivity contribution in [3.05, 3.63) is 12.7 Å². The smallest absolute Gasteiger partial charge is 0.410 e. The number of rotatable bonds is 4. The van der Waals surface area contributed by atoms with Gasteiger partial charge in [0, 0.05) is 25.7 Å². The molecule has 1 aliphatic rings. The topological polar surface area (TPSA) is 78.9 Å². The second-order valence-electron chi connectivity index (χ2n) is 5.96. The van der Waals surface area contributed by atoms with Gasteiger partial charge in [0.25, 0.3) is 0 Å². The number of nitrogens with one attached hydrogen (secondary N) is 1. The van der Waals surface area contributed by atoms with Crippen LogP contribution < -0.4 is 5.32 Å². The average molecular weight is 284 g/mol. The van der Waals surface area contributed by atoms with Crippen molar-refractivity contribution in [3.8, 4) is 0 Å². The average Bonchev–Trinajstić information content (AvgIpc) is 2.33. The maximum absolute atomic E-state index is 12.0. The van der Waals surface area contributed by atoms with E-state index in [9.17, 15) is 14.7 Å². The molecule has 114 valence electrons. The number of carbonyl (C=O) groups excluding carboxylic acids is 1. The van der Waals surface area contributed by atoms with E-state index in [1.54, 1.807) is 26.8 Å². The Hall–Kier alpha value is -1.56. The van der Waals surface area contributed by atoms with Crippen LogP contribution in [-0.2, 0) is 9.53 Å². The summed E-state index contributed by atoms with van der Waals surface area (Å²) in [5.74, 6) is -1.53. The molecule has 0 aromatic carbocycles. The van der Waals surface area contributed by atoms with E-state index in [4.69, 9.17) is 4.74 Å². The number of carboxylic acid groups (broad SMARTS) is 1. The van der Waals surface area contributed by atoms with Crippen molar-refractivity contribution in [3.63, 3.8) is 0 Å². The van der Waals surface area contributed by atoms with Crippen LogP contribution in [0.3, 0.4) is 0 Å². The second kappa shape index (κ2) is 6.74. The molecule has 0 aromatic heterocycles. The van der Waals surface area contributed by atoms with Gasteiger partial charge in [-0.25, -0.2) is 4.79 Å². The summed E-state index contributed by atoms with van der Waals surface area (Å²) >= 11 is 0. The molecule has 1 heterocycles. The van der Waals surface area contributed by atoms with E-state index in [1.807, 2.05) is 0 Å². The Balaban J connectivity index is 2.66. The number of likely N-dealkylation sites (tertiary alicyclic amines) is 1. The Morgan fingerprint density at radius 1 is 1.50 bits per heavy atom. The van der Waals surface area contributed by atoms with Gasteiger partial charge in [0.1, 0.15) is 5.60 Å². The summed E-state index contributed by atoms with van der Waals surface area (Å²) in [5.41, 5.74) is -0.576. The van der Waals surface area contributed by atoms with Gasteiger partial charge in [-0.15, -0.1) is 6.58 Å². The van der Waals surface area contributed by atoms with Crippen LogP contribution in [0.4, 0.5) is 4.79 Å². The summed E-state index contributed by atoms with van der Waals surface area (Å²) in [4.78, 5) is 24.8. The summed E-state index contributed by atoms with van der Waals surface area (Å²) in [6, 6.07) is -0.149. The largest absolute Gasteiger partial charge is 0.481 e. The van der Waals surface area contributed by atoms with E-state index < -0.39 is 23.6 Å². The molecule has 0 unspecified atom stereocenters. The molecular formula is C14H24N2O4. The summed E-state index contributed by atoms with van der Waals surface area (Å²) in [6.45, 7) is 10.2. The SMILES string of the molecule is C=CCN[C@@H]1CCN(C(=O)OC(C)(C)C)C[C@H]1C(=O)O. The molecule has 0 saturated carbocycles. The van der Waals surface area contributed by atoms with Crippen molar-refractivity contribution in [2.24, 2.45) is 5.92 Å². The predicted octanol–water partition coefficient (Wildman–Crippen LogP) is 1.47. The quantitative estimate of drug-likeness (QED) is 0.764. The van der Waals surface area contributed by atoms with E-state index in [2.05, 4.69) is 11.9 Å². The van der Waals surface area contributed by atoms with Crippen LogP contribution in [0, 0.1) is 5.92 Å². The Kier molecular flexibility index (Phi) is 5.56. The fourth-order valence-corrected chi connectivity index (χ4v) is 2.17. The van der Waals surface area contributed by atoms with Gasteiger partial charge in [-0.3, -0.25) is 4.79 Å². The van der Waals surface area contributed by atoms with Crippen molar-refractivity contribution in [2.45, 2.75) is 38.8 Å². The molecule has 20 heavy (non-hydrogen) atoms. The summed E-state index contributed by atoms with van der Waals surface area (Å²) < 4.78 is 5.28. The molecule has 2 atom stereocenters. The van der Waals surface area contributed by atoms with Crippen molar-refractivity contribution in [1.82, 2.24) is 10.2 Å². The predicted molar refractivity (Wildman–Crippen MR) is 75.5 cm³/mol. The monoisotopic (exact) mass is 284 g/mol. The number of hydrogen-bond acceptors (Lipinski definition) is 4. The Bertz CT molecular complexity index is 376. The number of nitrogens with zero attached hydrogens (tertiary/aromatic N) is 1. The van der Waals surface area contributed by atoms with Crippen LogP contribution in [0.1, 0.15) is 27.2 Å². The van der Waals surface area contributed by atoms with Gasteiger partial charge < -0.3 is 20.1 Å². The van der Waals surface area contributed by atoms with Gasteiger partial charge in [-0.05, 0) is 27.2 Å². The summed E-state index contributed by atoms with van der Waals surface area (Å²) in [7, 11) is 0. The first-order valence-electron chi connectivity index (χ1n) is 6.79. The van der Waals surface area contributed by atoms with Gasteiger partial charge in [0.05, 0.1) is 5.92 Å². The van der Waals surface area contributed by atoms with Crippen LogP contribution in [0.15, 0.2) is 12.7 Å². The number of piperidine rings is 1. The molecule has 0 radical (unpaired) electrons. The molecule has 1 fully saturated rings. The minimum absolute atomic E-state index is 0.149. The molecule has 0 aromatic rings. The van der Waals surface area contributed by atoms with Gasteiger partial charge >= 0.3 is 12.1 Å². The maximum Gasteiger partial charge on any atom is 0.410 e. The maximum atomic E-state index is 12.0. The first-order chi connectivity index (χ1) is 9.24. The molecule has 1 saturated heterocycles. The third-order valence-electron chi connectivity index (χ3n) is 3.11. The highest BCUT2D eigenvalue weighted by Gasteiger charge is 2.37. The molecule has 1 aliphatic heterocycles. The summed E-state index contributed by atoms with van der Waals surface area (Å²) in [6.07, 6.45) is 1.83. The Morgan fingerprint density at radius 3 is 2.65 bits per heavy atom. The third kappa shape index (κ3) is 4.85. The molecule has 2 N–H and O–H groups in total. The van der Waals surface area contributed by atoms with Crippen LogP contribution in [0.5, 0.6) is 0 Å². The van der Waals surface area contributed by atoms with Crippen molar-refractivity contribution in [1.29, 1.82) is 0 Å². The first-order valence-corrected chi connectivity index (χ1v) is 6.79. The van der Waals surface area contributed by atoms with Gasteiger partial charge in [-0.2, -0.15) is 0 Å². The second-order valence-corrected chi connectivity index (χ2v) is 5.96. The van der Waals surface area contributed by atoms with Crippen molar-refractivity contribution in [2.75, 3.05) is 19.6 Å². The first kappa shape index (κ1) is 16.5. The highest BCUT2D eigenvalue weighted by atomic mass is 16.6. The zero-order valence-electron chi connectivity index (χ0n) is 12.4. The van der Waals surface area contributed by atoms with Crippen molar-refractivity contribution >= 4 is 12.1 Å².